The van der Waals surface area contributed by atoms with Gasteiger partial charge in [0.25, 0.3) is 0 Å². The van der Waals surface area contributed by atoms with Crippen molar-refractivity contribution in [3.8, 4) is 0 Å². The second kappa shape index (κ2) is 8.40. The summed E-state index contributed by atoms with van der Waals surface area (Å²) in [5.41, 5.74) is 6.25. The summed E-state index contributed by atoms with van der Waals surface area (Å²) in [6.07, 6.45) is 3.37. The fourth-order valence-corrected chi connectivity index (χ4v) is 5.98. The molecule has 1 saturated heterocycles. The largest absolute Gasteiger partial charge is 0.378 e. The Morgan fingerprint density at radius 2 is 1.77 bits per heavy atom. The average Bonchev–Trinajstić information content (AvgIpc) is 3.26. The van der Waals surface area contributed by atoms with Crippen molar-refractivity contribution >= 4 is 34.2 Å². The van der Waals surface area contributed by atoms with Gasteiger partial charge in [-0.05, 0) is 80.0 Å². The molecule has 1 aliphatic heterocycles. The number of likely N-dealkylation sites (tertiary alicyclic amines) is 1. The number of aromatic nitrogens is 2. The van der Waals surface area contributed by atoms with Crippen LogP contribution in [0.5, 0.6) is 0 Å². The second-order valence-corrected chi connectivity index (χ2v) is 10.0. The number of piperidine rings is 1. The lowest BCUT2D eigenvalue weighted by Gasteiger charge is -2.40. The minimum atomic E-state index is 0.152. The number of benzene rings is 2. The van der Waals surface area contributed by atoms with Crippen molar-refractivity contribution in [2.45, 2.75) is 45.3 Å². The van der Waals surface area contributed by atoms with Gasteiger partial charge in [0, 0.05) is 26.7 Å². The van der Waals surface area contributed by atoms with Gasteiger partial charge in [-0.1, -0.05) is 29.3 Å². The molecule has 1 aliphatic carbocycles. The Hall–Kier alpha value is -1.59. The number of aryl methyl sites for hydroxylation is 2. The van der Waals surface area contributed by atoms with Gasteiger partial charge in [-0.15, -0.1) is 0 Å². The SMILES string of the molecule is CO[C@H]1CN(CC2Cc3cc(Cl)c(Cl)cc3C2)CC[C@@H]1n1c(C)nc2cc(C)ccc21. The highest BCUT2D eigenvalue weighted by Gasteiger charge is 2.34. The van der Waals surface area contributed by atoms with Crippen molar-refractivity contribution in [1.82, 2.24) is 14.5 Å². The molecule has 0 spiro atoms. The second-order valence-electron chi connectivity index (χ2n) is 9.22. The van der Waals surface area contributed by atoms with Gasteiger partial charge in [-0.2, -0.15) is 0 Å². The molecular weight excluding hydrogens is 429 g/mol. The van der Waals surface area contributed by atoms with Gasteiger partial charge in [0.15, 0.2) is 0 Å². The van der Waals surface area contributed by atoms with Crippen LogP contribution in [0.15, 0.2) is 30.3 Å². The first kappa shape index (κ1) is 21.3. The predicted octanol–water partition coefficient (Wildman–Crippen LogP) is 5.64. The maximum atomic E-state index is 6.23. The van der Waals surface area contributed by atoms with Gasteiger partial charge in [0.05, 0.1) is 33.2 Å². The Morgan fingerprint density at radius 1 is 1.06 bits per heavy atom. The third kappa shape index (κ3) is 4.00. The molecule has 0 radical (unpaired) electrons. The van der Waals surface area contributed by atoms with Gasteiger partial charge in [0.2, 0.25) is 0 Å². The molecule has 6 heteroatoms. The third-order valence-corrected chi connectivity index (χ3v) is 7.76. The van der Waals surface area contributed by atoms with E-state index in [4.69, 9.17) is 32.9 Å². The van der Waals surface area contributed by atoms with Gasteiger partial charge in [-0.25, -0.2) is 4.98 Å². The summed E-state index contributed by atoms with van der Waals surface area (Å²) in [5, 5.41) is 1.33. The van der Waals surface area contributed by atoms with Crippen LogP contribution in [-0.4, -0.2) is 47.3 Å². The lowest BCUT2D eigenvalue weighted by atomic mass is 9.98. The van der Waals surface area contributed by atoms with Crippen molar-refractivity contribution in [2.75, 3.05) is 26.7 Å². The van der Waals surface area contributed by atoms with E-state index in [9.17, 15) is 0 Å². The number of imidazole rings is 1. The number of methoxy groups -OCH3 is 1. The molecule has 0 bridgehead atoms. The number of rotatable bonds is 4. The molecule has 31 heavy (non-hydrogen) atoms. The standard InChI is InChI=1S/C25H29Cl2N3O/c1-15-4-5-23-22(8-15)28-16(2)30(23)24-6-7-29(14-25(24)31-3)13-17-9-18-11-20(26)21(27)12-19(18)10-17/h4-5,8,11-12,17,24-25H,6-7,9-10,13-14H2,1-3H3/t24-,25-/m0/s1. The molecule has 0 saturated carbocycles. The molecule has 1 aromatic heterocycles. The molecule has 2 aliphatic rings. The van der Waals surface area contributed by atoms with E-state index in [0.717, 1.165) is 50.2 Å². The van der Waals surface area contributed by atoms with Crippen LogP contribution in [0.4, 0.5) is 0 Å². The quantitative estimate of drug-likeness (QED) is 0.507. The van der Waals surface area contributed by atoms with E-state index in [2.05, 4.69) is 53.6 Å². The average molecular weight is 458 g/mol. The topological polar surface area (TPSA) is 30.3 Å². The van der Waals surface area contributed by atoms with Crippen LogP contribution in [0.2, 0.25) is 10.0 Å². The normalized spacial score (nSPS) is 22.4. The Kier molecular flexibility index (Phi) is 5.76. The molecular formula is C25H29Cl2N3O. The summed E-state index contributed by atoms with van der Waals surface area (Å²) in [5.74, 6) is 1.68. The minimum Gasteiger partial charge on any atom is -0.378 e. The minimum absolute atomic E-state index is 0.152. The van der Waals surface area contributed by atoms with Crippen LogP contribution < -0.4 is 0 Å². The monoisotopic (exact) mass is 457 g/mol. The number of halogens is 2. The molecule has 5 rings (SSSR count). The smallest absolute Gasteiger partial charge is 0.107 e. The van der Waals surface area contributed by atoms with Gasteiger partial charge >= 0.3 is 0 Å². The highest BCUT2D eigenvalue weighted by atomic mass is 35.5. The van der Waals surface area contributed by atoms with Gasteiger partial charge < -0.3 is 14.2 Å². The highest BCUT2D eigenvalue weighted by molar-refractivity contribution is 6.42. The highest BCUT2D eigenvalue weighted by Crippen LogP contribution is 2.35. The summed E-state index contributed by atoms with van der Waals surface area (Å²) in [6.45, 7) is 7.33. The first-order valence-corrected chi connectivity index (χ1v) is 11.9. The zero-order valence-electron chi connectivity index (χ0n) is 18.4. The Labute approximate surface area is 194 Å². The van der Waals surface area contributed by atoms with Crippen molar-refractivity contribution in [1.29, 1.82) is 0 Å². The summed E-state index contributed by atoms with van der Waals surface area (Å²) < 4.78 is 8.42. The van der Waals surface area contributed by atoms with Crippen LogP contribution in [-0.2, 0) is 17.6 Å². The summed E-state index contributed by atoms with van der Waals surface area (Å²) in [4.78, 5) is 7.40. The zero-order valence-corrected chi connectivity index (χ0v) is 19.9. The van der Waals surface area contributed by atoms with E-state index in [1.54, 1.807) is 0 Å². The van der Waals surface area contributed by atoms with Crippen LogP contribution in [0, 0.1) is 19.8 Å². The van der Waals surface area contributed by atoms with Gasteiger partial charge in [-0.3, -0.25) is 0 Å². The number of fused-ring (bicyclic) bond motifs is 2. The van der Waals surface area contributed by atoms with Crippen LogP contribution in [0.1, 0.15) is 35.0 Å². The molecule has 2 aromatic carbocycles. The molecule has 1 fully saturated rings. The Morgan fingerprint density at radius 3 is 2.45 bits per heavy atom. The number of hydrogen-bond donors (Lipinski definition) is 0. The fraction of sp³-hybridized carbons (Fsp3) is 0.480. The molecule has 0 unspecified atom stereocenters. The predicted molar refractivity (Wildman–Crippen MR) is 127 cm³/mol. The Bertz CT molecular complexity index is 1090. The maximum Gasteiger partial charge on any atom is 0.107 e. The molecule has 0 N–H and O–H groups in total. The molecule has 2 atom stereocenters. The fourth-order valence-electron chi connectivity index (χ4n) is 5.61. The van der Waals surface area contributed by atoms with Crippen LogP contribution in [0.3, 0.4) is 0 Å². The lowest BCUT2D eigenvalue weighted by molar-refractivity contribution is -0.00928. The zero-order chi connectivity index (χ0) is 21.7. The van der Waals surface area contributed by atoms with Crippen LogP contribution >= 0.6 is 23.2 Å². The molecule has 3 aromatic rings. The van der Waals surface area contributed by atoms with E-state index in [1.165, 1.54) is 22.2 Å². The number of hydrogen-bond acceptors (Lipinski definition) is 3. The van der Waals surface area contributed by atoms with E-state index >= 15 is 0 Å². The molecule has 0 amide bonds. The summed E-state index contributed by atoms with van der Waals surface area (Å²) in [6, 6.07) is 11.0. The lowest BCUT2D eigenvalue weighted by Crippen LogP contribution is -2.47. The first-order valence-electron chi connectivity index (χ1n) is 11.1. The van der Waals surface area contributed by atoms with Crippen molar-refractivity contribution in [3.05, 3.63) is 62.9 Å². The van der Waals surface area contributed by atoms with Crippen LogP contribution in [0.25, 0.3) is 11.0 Å². The summed E-state index contributed by atoms with van der Waals surface area (Å²) in [7, 11) is 1.84. The molecule has 4 nitrogen and oxygen atoms in total. The molecule has 164 valence electrons. The maximum absolute atomic E-state index is 6.23. The van der Waals surface area contributed by atoms with Gasteiger partial charge in [0.1, 0.15) is 5.82 Å². The van der Waals surface area contributed by atoms with E-state index in [1.807, 2.05) is 7.11 Å². The molecule has 2 heterocycles. The van der Waals surface area contributed by atoms with E-state index in [-0.39, 0.29) is 6.10 Å². The number of ether oxygens (including phenoxy) is 1. The Balaban J connectivity index is 1.30. The van der Waals surface area contributed by atoms with Crippen molar-refractivity contribution in [2.24, 2.45) is 5.92 Å². The van der Waals surface area contributed by atoms with Crippen molar-refractivity contribution in [3.63, 3.8) is 0 Å². The third-order valence-electron chi connectivity index (χ3n) is 7.04. The first-order chi connectivity index (χ1) is 14.9. The van der Waals surface area contributed by atoms with Crippen molar-refractivity contribution < 1.29 is 4.74 Å². The summed E-state index contributed by atoms with van der Waals surface area (Å²) >= 11 is 12.5. The van der Waals surface area contributed by atoms with E-state index < -0.39 is 0 Å². The van der Waals surface area contributed by atoms with E-state index in [0.29, 0.717) is 22.0 Å². The number of nitrogens with zero attached hydrogens (tertiary/aromatic N) is 3.